The highest BCUT2D eigenvalue weighted by Crippen LogP contribution is 2.30. The molecule has 25 heavy (non-hydrogen) atoms. The molecule has 1 aliphatic carbocycles. The van der Waals surface area contributed by atoms with Gasteiger partial charge in [-0.25, -0.2) is 0 Å². The fraction of sp³-hybridized carbons (Fsp3) is 0.300. The van der Waals surface area contributed by atoms with Crippen LogP contribution in [0.4, 0.5) is 11.4 Å². The van der Waals surface area contributed by atoms with E-state index in [0.717, 1.165) is 37.1 Å². The average molecular weight is 337 g/mol. The van der Waals surface area contributed by atoms with Crippen molar-refractivity contribution in [3.05, 3.63) is 59.7 Å². The number of carbonyl (C=O) groups is 2. The maximum absolute atomic E-state index is 12.6. The Labute approximate surface area is 147 Å². The summed E-state index contributed by atoms with van der Waals surface area (Å²) < 4.78 is 0. The zero-order valence-electron chi connectivity index (χ0n) is 14.3. The van der Waals surface area contributed by atoms with Crippen LogP contribution in [-0.4, -0.2) is 25.4 Å². The molecule has 2 aromatic carbocycles. The maximum Gasteiger partial charge on any atom is 0.255 e. The molecule has 5 heteroatoms. The van der Waals surface area contributed by atoms with E-state index in [2.05, 4.69) is 16.0 Å². The lowest BCUT2D eigenvalue weighted by atomic mass is 10.0. The van der Waals surface area contributed by atoms with E-state index in [1.54, 1.807) is 12.1 Å². The van der Waals surface area contributed by atoms with Crippen LogP contribution in [0.15, 0.2) is 48.5 Å². The van der Waals surface area contributed by atoms with E-state index >= 15 is 0 Å². The first-order chi connectivity index (χ1) is 12.2. The third-order valence-electron chi connectivity index (χ3n) is 4.26. The monoisotopic (exact) mass is 337 g/mol. The summed E-state index contributed by atoms with van der Waals surface area (Å²) in [6.07, 6.45) is 2.76. The van der Waals surface area contributed by atoms with Gasteiger partial charge in [-0.2, -0.15) is 0 Å². The second-order valence-corrected chi connectivity index (χ2v) is 6.31. The summed E-state index contributed by atoms with van der Waals surface area (Å²) in [5.74, 6) is 0.130. The summed E-state index contributed by atoms with van der Waals surface area (Å²) in [7, 11) is 1.90. The number of rotatable bonds is 7. The third kappa shape index (κ3) is 4.67. The van der Waals surface area contributed by atoms with Gasteiger partial charge in [0.1, 0.15) is 0 Å². The fourth-order valence-corrected chi connectivity index (χ4v) is 2.64. The van der Waals surface area contributed by atoms with Crippen LogP contribution in [0.5, 0.6) is 0 Å². The van der Waals surface area contributed by atoms with Gasteiger partial charge in [-0.1, -0.05) is 18.2 Å². The summed E-state index contributed by atoms with van der Waals surface area (Å²) in [6, 6.07) is 14.8. The van der Waals surface area contributed by atoms with Gasteiger partial charge in [-0.3, -0.25) is 9.59 Å². The van der Waals surface area contributed by atoms with E-state index in [4.69, 9.17) is 0 Å². The number of anilines is 2. The van der Waals surface area contributed by atoms with E-state index in [-0.39, 0.29) is 17.7 Å². The van der Waals surface area contributed by atoms with Crippen molar-refractivity contribution in [2.75, 3.05) is 24.2 Å². The van der Waals surface area contributed by atoms with Gasteiger partial charge >= 0.3 is 0 Å². The molecular weight excluding hydrogens is 314 g/mol. The Kier molecular flexibility index (Phi) is 5.46. The highest BCUT2D eigenvalue weighted by molar-refractivity contribution is 6.05. The van der Waals surface area contributed by atoms with E-state index in [1.807, 2.05) is 43.4 Å². The molecule has 0 aromatic heterocycles. The Morgan fingerprint density at radius 3 is 2.24 bits per heavy atom. The van der Waals surface area contributed by atoms with Crippen molar-refractivity contribution in [2.24, 2.45) is 5.92 Å². The summed E-state index contributed by atoms with van der Waals surface area (Å²) >= 11 is 0. The van der Waals surface area contributed by atoms with Crippen LogP contribution in [0.2, 0.25) is 0 Å². The Bertz CT molecular complexity index is 752. The molecule has 0 bridgehead atoms. The minimum Gasteiger partial charge on any atom is -0.326 e. The van der Waals surface area contributed by atoms with Crippen molar-refractivity contribution < 1.29 is 9.59 Å². The lowest BCUT2D eigenvalue weighted by Crippen LogP contribution is -2.17. The highest BCUT2D eigenvalue weighted by Gasteiger charge is 2.29. The molecule has 3 N–H and O–H groups in total. The molecule has 2 aromatic rings. The predicted octanol–water partition coefficient (Wildman–Crippen LogP) is 3.05. The quantitative estimate of drug-likeness (QED) is 0.727. The van der Waals surface area contributed by atoms with Gasteiger partial charge in [-0.05, 0) is 68.8 Å². The van der Waals surface area contributed by atoms with Gasteiger partial charge in [0, 0.05) is 22.9 Å². The van der Waals surface area contributed by atoms with Gasteiger partial charge < -0.3 is 16.0 Å². The number of nitrogens with one attached hydrogen (secondary N) is 3. The number of amides is 2. The van der Waals surface area contributed by atoms with Crippen LogP contribution in [-0.2, 0) is 11.2 Å². The number of hydrogen-bond acceptors (Lipinski definition) is 3. The third-order valence-corrected chi connectivity index (χ3v) is 4.26. The van der Waals surface area contributed by atoms with Crippen LogP contribution in [0, 0.1) is 5.92 Å². The van der Waals surface area contributed by atoms with Crippen LogP contribution in [0.25, 0.3) is 0 Å². The van der Waals surface area contributed by atoms with Gasteiger partial charge in [0.05, 0.1) is 0 Å². The Hall–Kier alpha value is -2.66. The summed E-state index contributed by atoms with van der Waals surface area (Å²) in [6.45, 7) is 0.819. The molecule has 1 fully saturated rings. The van der Waals surface area contributed by atoms with Crippen molar-refractivity contribution in [1.29, 1.82) is 0 Å². The van der Waals surface area contributed by atoms with E-state index < -0.39 is 0 Å². The smallest absolute Gasteiger partial charge is 0.255 e. The second kappa shape index (κ2) is 7.94. The first-order valence-electron chi connectivity index (χ1n) is 8.62. The van der Waals surface area contributed by atoms with Crippen molar-refractivity contribution in [3.63, 3.8) is 0 Å². The molecule has 0 unspecified atom stereocenters. The molecule has 2 amide bonds. The molecule has 5 nitrogen and oxygen atoms in total. The van der Waals surface area contributed by atoms with Crippen molar-refractivity contribution >= 4 is 23.2 Å². The summed E-state index contributed by atoms with van der Waals surface area (Å²) in [5, 5.41) is 8.91. The molecule has 130 valence electrons. The molecule has 0 atom stereocenters. The minimum absolute atomic E-state index is 0.0789. The van der Waals surface area contributed by atoms with Crippen LogP contribution in [0.1, 0.15) is 28.8 Å². The lowest BCUT2D eigenvalue weighted by Gasteiger charge is -2.11. The van der Waals surface area contributed by atoms with Crippen molar-refractivity contribution in [1.82, 2.24) is 5.32 Å². The van der Waals surface area contributed by atoms with Gasteiger partial charge in [0.25, 0.3) is 5.91 Å². The summed E-state index contributed by atoms with van der Waals surface area (Å²) in [5.41, 5.74) is 3.16. The molecule has 1 aliphatic rings. The van der Waals surface area contributed by atoms with Crippen LogP contribution >= 0.6 is 0 Å². The number of benzene rings is 2. The van der Waals surface area contributed by atoms with Gasteiger partial charge in [0.2, 0.25) is 5.91 Å². The molecule has 0 radical (unpaired) electrons. The van der Waals surface area contributed by atoms with Crippen LogP contribution in [0.3, 0.4) is 0 Å². The molecule has 0 heterocycles. The molecule has 3 rings (SSSR count). The van der Waals surface area contributed by atoms with Crippen molar-refractivity contribution in [3.8, 4) is 0 Å². The molecule has 1 saturated carbocycles. The Balaban J connectivity index is 1.63. The number of hydrogen-bond donors (Lipinski definition) is 3. The van der Waals surface area contributed by atoms with E-state index in [1.165, 1.54) is 0 Å². The number of likely N-dealkylation sites (N-methyl/N-ethyl adjacent to an activating group) is 1. The predicted molar refractivity (Wildman–Crippen MR) is 99.8 cm³/mol. The zero-order valence-corrected chi connectivity index (χ0v) is 14.3. The number of carbonyl (C=O) groups excluding carboxylic acids is 2. The molecule has 0 aliphatic heterocycles. The lowest BCUT2D eigenvalue weighted by molar-refractivity contribution is -0.117. The van der Waals surface area contributed by atoms with Gasteiger partial charge in [0.15, 0.2) is 0 Å². The molecular formula is C20H23N3O2. The topological polar surface area (TPSA) is 70.2 Å². The molecule has 0 spiro atoms. The van der Waals surface area contributed by atoms with E-state index in [9.17, 15) is 9.59 Å². The maximum atomic E-state index is 12.6. The fourth-order valence-electron chi connectivity index (χ4n) is 2.64. The zero-order chi connectivity index (χ0) is 17.6. The molecule has 0 saturated heterocycles. The first kappa shape index (κ1) is 17.2. The highest BCUT2D eigenvalue weighted by atomic mass is 16.2. The SMILES string of the molecule is CNCCc1ccccc1C(=O)Nc1ccc(NC(=O)C2CC2)cc1. The largest absolute Gasteiger partial charge is 0.326 e. The Morgan fingerprint density at radius 2 is 1.60 bits per heavy atom. The first-order valence-corrected chi connectivity index (χ1v) is 8.62. The Morgan fingerprint density at radius 1 is 0.960 bits per heavy atom. The van der Waals surface area contributed by atoms with E-state index in [0.29, 0.717) is 11.3 Å². The average Bonchev–Trinajstić information content (AvgIpc) is 3.47. The normalized spacial score (nSPS) is 13.3. The summed E-state index contributed by atoms with van der Waals surface area (Å²) in [4.78, 5) is 24.3. The van der Waals surface area contributed by atoms with Crippen LogP contribution < -0.4 is 16.0 Å². The van der Waals surface area contributed by atoms with Gasteiger partial charge in [-0.15, -0.1) is 0 Å². The van der Waals surface area contributed by atoms with Crippen molar-refractivity contribution in [2.45, 2.75) is 19.3 Å². The second-order valence-electron chi connectivity index (χ2n) is 6.31. The minimum atomic E-state index is -0.124. The standard InChI is InChI=1S/C20H23N3O2/c1-21-13-12-14-4-2-3-5-18(14)20(25)23-17-10-8-16(9-11-17)22-19(24)15-6-7-15/h2-5,8-11,15,21H,6-7,12-13H2,1H3,(H,22,24)(H,23,25).